The third-order valence-corrected chi connectivity index (χ3v) is 5.30. The minimum absolute atomic E-state index is 0.195. The largest absolute Gasteiger partial charge is 0.492 e. The lowest BCUT2D eigenvalue weighted by molar-refractivity contribution is 0.184. The first-order valence-electron chi connectivity index (χ1n) is 10.2. The molecule has 0 radical (unpaired) electrons. The van der Waals surface area contributed by atoms with E-state index in [1.807, 2.05) is 55.7 Å². The normalized spacial score (nSPS) is 18.4. The highest BCUT2D eigenvalue weighted by Gasteiger charge is 2.28. The summed E-state index contributed by atoms with van der Waals surface area (Å²) in [6.07, 6.45) is 4.75. The maximum Gasteiger partial charge on any atom is 0.167 e. The van der Waals surface area contributed by atoms with E-state index in [2.05, 4.69) is 36.0 Å². The Bertz CT molecular complexity index is 869. The van der Waals surface area contributed by atoms with E-state index in [4.69, 9.17) is 4.74 Å². The second-order valence-electron chi connectivity index (χ2n) is 7.42. The molecule has 1 atom stereocenters. The second-order valence-corrected chi connectivity index (χ2v) is 7.42. The molecule has 0 amide bonds. The molecule has 0 aliphatic carbocycles. The molecule has 2 aromatic heterocycles. The van der Waals surface area contributed by atoms with E-state index >= 15 is 0 Å². The zero-order valence-corrected chi connectivity index (χ0v) is 16.9. The predicted octanol–water partition coefficient (Wildman–Crippen LogP) is 2.84. The van der Waals surface area contributed by atoms with Gasteiger partial charge in [0.05, 0.1) is 6.04 Å². The van der Waals surface area contributed by atoms with Gasteiger partial charge >= 0.3 is 0 Å². The van der Waals surface area contributed by atoms with E-state index in [0.717, 1.165) is 56.5 Å². The van der Waals surface area contributed by atoms with Gasteiger partial charge in [0.2, 0.25) is 0 Å². The van der Waals surface area contributed by atoms with E-state index in [1.165, 1.54) is 5.56 Å². The summed E-state index contributed by atoms with van der Waals surface area (Å²) in [5.41, 5.74) is 1.21. The molecule has 1 N–H and O–H groups in total. The Kier molecular flexibility index (Phi) is 6.49. The molecule has 0 bridgehead atoms. The fraction of sp³-hybridized carbons (Fsp3) is 0.409. The summed E-state index contributed by atoms with van der Waals surface area (Å²) in [6, 6.07) is 14.3. The van der Waals surface area contributed by atoms with Crippen molar-refractivity contribution in [3.05, 3.63) is 72.1 Å². The minimum atomic E-state index is 0.195. The van der Waals surface area contributed by atoms with Crippen molar-refractivity contribution < 1.29 is 4.74 Å². The molecule has 3 heterocycles. The summed E-state index contributed by atoms with van der Waals surface area (Å²) >= 11 is 0. The number of hydrogen-bond acceptors (Lipinski definition) is 6. The van der Waals surface area contributed by atoms with Gasteiger partial charge in [0.1, 0.15) is 18.2 Å². The number of rotatable bonds is 7. The van der Waals surface area contributed by atoms with Gasteiger partial charge in [-0.1, -0.05) is 24.3 Å². The summed E-state index contributed by atoms with van der Waals surface area (Å²) in [4.78, 5) is 13.8. The Morgan fingerprint density at radius 3 is 2.76 bits per heavy atom. The third kappa shape index (κ3) is 5.40. The zero-order valence-electron chi connectivity index (χ0n) is 16.9. The van der Waals surface area contributed by atoms with Gasteiger partial charge in [-0.2, -0.15) is 5.10 Å². The highest BCUT2D eigenvalue weighted by molar-refractivity contribution is 5.20. The van der Waals surface area contributed by atoms with Crippen LogP contribution in [0.25, 0.3) is 0 Å². The number of nitrogens with zero attached hydrogens (tertiary/aromatic N) is 5. The summed E-state index contributed by atoms with van der Waals surface area (Å²) in [6.45, 7) is 7.36. The quantitative estimate of drug-likeness (QED) is 0.667. The van der Waals surface area contributed by atoms with Crippen LogP contribution in [0.4, 0.5) is 0 Å². The molecule has 1 unspecified atom stereocenters. The van der Waals surface area contributed by atoms with Crippen LogP contribution in [-0.4, -0.2) is 62.8 Å². The van der Waals surface area contributed by atoms with E-state index in [-0.39, 0.29) is 6.04 Å². The van der Waals surface area contributed by atoms with Gasteiger partial charge in [-0.3, -0.25) is 19.9 Å². The molecule has 1 aliphatic heterocycles. The van der Waals surface area contributed by atoms with E-state index in [9.17, 15) is 0 Å². The van der Waals surface area contributed by atoms with Gasteiger partial charge in [-0.15, -0.1) is 0 Å². The van der Waals surface area contributed by atoms with Crippen molar-refractivity contribution in [2.24, 2.45) is 0 Å². The van der Waals surface area contributed by atoms with Crippen LogP contribution in [-0.2, 0) is 6.54 Å². The summed E-state index contributed by atoms with van der Waals surface area (Å²) in [5.74, 6) is 2.67. The fourth-order valence-electron chi connectivity index (χ4n) is 3.77. The standard InChI is InChI=1S/C22H28N6O/c1-18-24-22(26-25-18)21-9-11-27(14-15-29-20-7-3-2-4-8-20)12-13-28(21)17-19-6-5-10-23-16-19/h2-8,10,16,21H,9,11-15,17H2,1H3,(H,24,25,26). The van der Waals surface area contributed by atoms with Crippen LogP contribution < -0.4 is 4.74 Å². The second kappa shape index (κ2) is 9.62. The number of aryl methyl sites for hydroxylation is 1. The van der Waals surface area contributed by atoms with Crippen LogP contribution >= 0.6 is 0 Å². The van der Waals surface area contributed by atoms with Gasteiger partial charge in [-0.25, -0.2) is 4.98 Å². The number of aromatic nitrogens is 4. The van der Waals surface area contributed by atoms with Crippen LogP contribution in [0, 0.1) is 6.92 Å². The molecule has 7 nitrogen and oxygen atoms in total. The van der Waals surface area contributed by atoms with Crippen molar-refractivity contribution in [1.29, 1.82) is 0 Å². The zero-order chi connectivity index (χ0) is 19.9. The average molecular weight is 393 g/mol. The number of nitrogens with one attached hydrogen (secondary N) is 1. The first-order valence-corrected chi connectivity index (χ1v) is 10.2. The summed E-state index contributed by atoms with van der Waals surface area (Å²) < 4.78 is 5.89. The summed E-state index contributed by atoms with van der Waals surface area (Å²) in [7, 11) is 0. The SMILES string of the molecule is Cc1nc(C2CCN(CCOc3ccccc3)CCN2Cc2cccnc2)n[nH]1. The van der Waals surface area contributed by atoms with E-state index in [0.29, 0.717) is 6.61 Å². The molecular weight excluding hydrogens is 364 g/mol. The number of ether oxygens (including phenoxy) is 1. The number of H-pyrrole nitrogens is 1. The number of hydrogen-bond donors (Lipinski definition) is 1. The van der Waals surface area contributed by atoms with E-state index in [1.54, 1.807) is 0 Å². The molecular formula is C22H28N6O. The predicted molar refractivity (Wildman–Crippen MR) is 112 cm³/mol. The Balaban J connectivity index is 1.40. The lowest BCUT2D eigenvalue weighted by Crippen LogP contribution is -2.34. The van der Waals surface area contributed by atoms with Crippen molar-refractivity contribution in [3.8, 4) is 5.75 Å². The first-order chi connectivity index (χ1) is 14.3. The molecule has 29 heavy (non-hydrogen) atoms. The van der Waals surface area contributed by atoms with Crippen LogP contribution in [0.5, 0.6) is 5.75 Å². The highest BCUT2D eigenvalue weighted by Crippen LogP contribution is 2.26. The van der Waals surface area contributed by atoms with Crippen molar-refractivity contribution in [1.82, 2.24) is 30.0 Å². The average Bonchev–Trinajstić information content (AvgIpc) is 3.08. The molecule has 1 fully saturated rings. The van der Waals surface area contributed by atoms with Gasteiger partial charge in [0.25, 0.3) is 0 Å². The first kappa shape index (κ1) is 19.5. The minimum Gasteiger partial charge on any atom is -0.492 e. The summed E-state index contributed by atoms with van der Waals surface area (Å²) in [5, 5.41) is 7.46. The molecule has 152 valence electrons. The number of aromatic amines is 1. The lowest BCUT2D eigenvalue weighted by Gasteiger charge is -2.27. The van der Waals surface area contributed by atoms with Gasteiger partial charge in [-0.05, 0) is 37.1 Å². The van der Waals surface area contributed by atoms with Gasteiger partial charge in [0.15, 0.2) is 5.82 Å². The molecule has 0 spiro atoms. The van der Waals surface area contributed by atoms with Crippen LogP contribution in [0.1, 0.15) is 29.7 Å². The maximum atomic E-state index is 5.89. The van der Waals surface area contributed by atoms with Crippen LogP contribution in [0.3, 0.4) is 0 Å². The van der Waals surface area contributed by atoms with Crippen molar-refractivity contribution in [2.75, 3.05) is 32.8 Å². The van der Waals surface area contributed by atoms with E-state index < -0.39 is 0 Å². The Labute approximate surface area is 171 Å². The number of pyridine rings is 1. The smallest absolute Gasteiger partial charge is 0.167 e. The third-order valence-electron chi connectivity index (χ3n) is 5.30. The molecule has 7 heteroatoms. The van der Waals surface area contributed by atoms with Gasteiger partial charge in [0, 0.05) is 45.1 Å². The Hall–Kier alpha value is -2.77. The molecule has 1 aliphatic rings. The fourth-order valence-corrected chi connectivity index (χ4v) is 3.77. The molecule has 0 saturated carbocycles. The van der Waals surface area contributed by atoms with Crippen molar-refractivity contribution in [2.45, 2.75) is 25.9 Å². The number of para-hydroxylation sites is 1. The topological polar surface area (TPSA) is 70.2 Å². The molecule has 3 aromatic rings. The maximum absolute atomic E-state index is 5.89. The van der Waals surface area contributed by atoms with Crippen LogP contribution in [0.2, 0.25) is 0 Å². The van der Waals surface area contributed by atoms with Crippen LogP contribution in [0.15, 0.2) is 54.9 Å². The number of benzene rings is 1. The van der Waals surface area contributed by atoms with Crippen molar-refractivity contribution in [3.63, 3.8) is 0 Å². The Morgan fingerprint density at radius 1 is 1.10 bits per heavy atom. The molecule has 1 aromatic carbocycles. The molecule has 4 rings (SSSR count). The van der Waals surface area contributed by atoms with Gasteiger partial charge < -0.3 is 4.74 Å². The van der Waals surface area contributed by atoms with Crippen molar-refractivity contribution >= 4 is 0 Å². The lowest BCUT2D eigenvalue weighted by atomic mass is 10.1. The highest BCUT2D eigenvalue weighted by atomic mass is 16.5. The monoisotopic (exact) mass is 392 g/mol. The molecule has 1 saturated heterocycles. The Morgan fingerprint density at radius 2 is 2.00 bits per heavy atom.